The van der Waals surface area contributed by atoms with Crippen molar-refractivity contribution in [3.05, 3.63) is 27.3 Å². The Morgan fingerprint density at radius 3 is 1.41 bits per heavy atom. The highest BCUT2D eigenvalue weighted by Gasteiger charge is 2.86. The number of rotatable bonds is 2. The van der Waals surface area contributed by atoms with Crippen molar-refractivity contribution in [2.45, 2.75) is 107 Å². The monoisotopic (exact) mass is 760 g/mol. The molecule has 8 bridgehead atoms. The minimum Gasteiger partial charge on any atom is -0.507 e. The van der Waals surface area contributed by atoms with Gasteiger partial charge in [0.15, 0.2) is 0 Å². The maximum atomic E-state index is 15.3. The van der Waals surface area contributed by atoms with E-state index in [4.69, 9.17) is 0 Å². The van der Waals surface area contributed by atoms with Gasteiger partial charge in [-0.3, -0.25) is 0 Å². The SMILES string of the molecule is Oc1ccc(C23CC4(C(F)(F)F)CC(C(F)(F)F)(C2)CC(C25CC6CC(C(F)(F)F)(CC(C(F)(F)F)(C6)C2)C5)(C3)C4)cc1I. The van der Waals surface area contributed by atoms with E-state index in [0.717, 1.165) is 0 Å². The quantitative estimate of drug-likeness (QED) is 0.235. The Bertz CT molecular complexity index is 1350. The summed E-state index contributed by atoms with van der Waals surface area (Å²) in [4.78, 5) is 0. The molecule has 0 heterocycles. The fraction of sp³-hybridized carbons (Fsp3) is 0.800. The van der Waals surface area contributed by atoms with Crippen LogP contribution in [0.15, 0.2) is 18.2 Å². The van der Waals surface area contributed by atoms with Crippen LogP contribution in [0.25, 0.3) is 0 Å². The molecule has 0 amide bonds. The largest absolute Gasteiger partial charge is 0.507 e. The molecule has 8 fully saturated rings. The van der Waals surface area contributed by atoms with Crippen LogP contribution in [0, 0.1) is 42.0 Å². The second-order valence-corrected chi connectivity index (χ2v) is 16.9. The second-order valence-electron chi connectivity index (χ2n) is 15.7. The zero-order chi connectivity index (χ0) is 32.4. The summed E-state index contributed by atoms with van der Waals surface area (Å²) in [5.41, 5.74) is -17.3. The molecule has 0 aliphatic heterocycles. The lowest BCUT2D eigenvalue weighted by Crippen LogP contribution is -2.75. The topological polar surface area (TPSA) is 20.2 Å². The molecule has 4 atom stereocenters. The molecular formula is C30H29F12IO. The molecule has 4 unspecified atom stereocenters. The van der Waals surface area contributed by atoms with Crippen LogP contribution in [-0.2, 0) is 5.41 Å². The highest BCUT2D eigenvalue weighted by Crippen LogP contribution is 2.88. The molecule has 44 heavy (non-hydrogen) atoms. The first kappa shape index (κ1) is 31.5. The fourth-order valence-electron chi connectivity index (χ4n) is 12.6. The maximum Gasteiger partial charge on any atom is 0.394 e. The Kier molecular flexibility index (Phi) is 5.95. The van der Waals surface area contributed by atoms with Crippen molar-refractivity contribution in [3.63, 3.8) is 0 Å². The summed E-state index contributed by atoms with van der Waals surface area (Å²) in [5.74, 6) is -1.36. The smallest absolute Gasteiger partial charge is 0.394 e. The Morgan fingerprint density at radius 1 is 0.545 bits per heavy atom. The van der Waals surface area contributed by atoms with Crippen molar-refractivity contribution in [1.82, 2.24) is 0 Å². The molecule has 0 spiro atoms. The lowest BCUT2D eigenvalue weighted by Gasteiger charge is -2.78. The third kappa shape index (κ3) is 3.74. The van der Waals surface area contributed by atoms with Gasteiger partial charge >= 0.3 is 24.7 Å². The van der Waals surface area contributed by atoms with Gasteiger partial charge in [0, 0.05) is 0 Å². The molecule has 9 rings (SSSR count). The molecule has 0 radical (unpaired) electrons. The summed E-state index contributed by atoms with van der Waals surface area (Å²) < 4.78 is 181. The Labute approximate surface area is 258 Å². The molecule has 8 saturated carbocycles. The molecule has 1 aromatic rings. The number of halogens is 13. The second kappa shape index (κ2) is 8.30. The molecule has 246 valence electrons. The predicted octanol–water partition coefficient (Wildman–Crippen LogP) is 10.8. The average Bonchev–Trinajstić information content (AvgIpc) is 2.81. The lowest BCUT2D eigenvalue weighted by atomic mass is 9.25. The number of benzene rings is 1. The summed E-state index contributed by atoms with van der Waals surface area (Å²) in [7, 11) is 0. The third-order valence-electron chi connectivity index (χ3n) is 13.2. The van der Waals surface area contributed by atoms with Crippen LogP contribution in [0.5, 0.6) is 5.75 Å². The van der Waals surface area contributed by atoms with Gasteiger partial charge in [0.05, 0.1) is 25.2 Å². The summed E-state index contributed by atoms with van der Waals surface area (Å²) in [6.07, 6.45) is -30.0. The van der Waals surface area contributed by atoms with Crippen molar-refractivity contribution >= 4 is 22.6 Å². The van der Waals surface area contributed by atoms with Gasteiger partial charge in [-0.25, -0.2) is 0 Å². The molecule has 1 N–H and O–H groups in total. The van der Waals surface area contributed by atoms with Crippen LogP contribution in [-0.4, -0.2) is 29.8 Å². The fourth-order valence-corrected chi connectivity index (χ4v) is 13.1. The van der Waals surface area contributed by atoms with Gasteiger partial charge in [0.1, 0.15) is 5.75 Å². The van der Waals surface area contributed by atoms with Crippen LogP contribution >= 0.6 is 22.6 Å². The number of phenols is 1. The summed E-state index contributed by atoms with van der Waals surface area (Å²) in [5, 5.41) is 10.1. The van der Waals surface area contributed by atoms with Crippen LogP contribution in [0.2, 0.25) is 0 Å². The molecule has 8 aliphatic rings. The van der Waals surface area contributed by atoms with E-state index in [1.54, 1.807) is 22.6 Å². The number of phenolic OH excluding ortho intramolecular Hbond substituents is 1. The van der Waals surface area contributed by atoms with E-state index in [2.05, 4.69) is 0 Å². The molecule has 0 aromatic heterocycles. The van der Waals surface area contributed by atoms with Crippen molar-refractivity contribution in [1.29, 1.82) is 0 Å². The number of hydrogen-bond donors (Lipinski definition) is 1. The standard InChI is InChI=1S/C30H29F12IO/c31-27(32,33)22-5-16-4-21(10-22,11-23(6-16,12-22)28(34,35)36)24-7-20(17-1-2-19(44)18(43)3-17)8-25(13-24,29(37,38)39)15-26(9-20,14-24)30(40,41)42/h1-3,16,44H,4-15H2. The Morgan fingerprint density at radius 2 is 0.977 bits per heavy atom. The molecule has 8 aliphatic carbocycles. The number of aromatic hydroxyl groups is 1. The van der Waals surface area contributed by atoms with Crippen LogP contribution in [0.3, 0.4) is 0 Å². The van der Waals surface area contributed by atoms with E-state index in [-0.39, 0.29) is 27.7 Å². The average molecular weight is 760 g/mol. The third-order valence-corrected chi connectivity index (χ3v) is 14.1. The van der Waals surface area contributed by atoms with E-state index in [0.29, 0.717) is 0 Å². The summed E-state index contributed by atoms with van der Waals surface area (Å²) in [6.45, 7) is 0. The molecule has 1 nitrogen and oxygen atoms in total. The number of hydrogen-bond acceptors (Lipinski definition) is 1. The first-order valence-corrected chi connectivity index (χ1v) is 15.6. The van der Waals surface area contributed by atoms with Crippen molar-refractivity contribution in [2.24, 2.45) is 38.4 Å². The normalized spacial score (nSPS) is 46.6. The van der Waals surface area contributed by atoms with Crippen LogP contribution < -0.4 is 0 Å². The number of alkyl halides is 12. The highest BCUT2D eigenvalue weighted by molar-refractivity contribution is 14.1. The first-order chi connectivity index (χ1) is 19.8. The minimum atomic E-state index is -5.18. The minimum absolute atomic E-state index is 0.103. The summed E-state index contributed by atoms with van der Waals surface area (Å²) >= 11 is 1.70. The van der Waals surface area contributed by atoms with Gasteiger partial charge in [0.25, 0.3) is 0 Å². The van der Waals surface area contributed by atoms with Crippen LogP contribution in [0.1, 0.15) is 82.6 Å². The summed E-state index contributed by atoms with van der Waals surface area (Å²) in [6, 6.07) is 3.75. The zero-order valence-electron chi connectivity index (χ0n) is 23.2. The highest BCUT2D eigenvalue weighted by atomic mass is 127. The molecule has 1 aromatic carbocycles. The van der Waals surface area contributed by atoms with Crippen molar-refractivity contribution in [2.75, 3.05) is 0 Å². The van der Waals surface area contributed by atoms with Gasteiger partial charge < -0.3 is 5.11 Å². The molecule has 14 heteroatoms. The van der Waals surface area contributed by atoms with E-state index in [1.807, 2.05) is 0 Å². The predicted molar refractivity (Wildman–Crippen MR) is 140 cm³/mol. The lowest BCUT2D eigenvalue weighted by molar-refractivity contribution is -0.404. The van der Waals surface area contributed by atoms with E-state index >= 15 is 26.3 Å². The molecule has 0 saturated heterocycles. The van der Waals surface area contributed by atoms with E-state index < -0.39 is 133 Å². The van der Waals surface area contributed by atoms with Crippen molar-refractivity contribution < 1.29 is 57.8 Å². The maximum absolute atomic E-state index is 15.3. The Hall–Kier alpha value is -1.09. The van der Waals surface area contributed by atoms with Crippen molar-refractivity contribution in [3.8, 4) is 5.75 Å². The first-order valence-electron chi connectivity index (χ1n) is 14.6. The zero-order valence-corrected chi connectivity index (χ0v) is 25.3. The van der Waals surface area contributed by atoms with Gasteiger partial charge in [-0.2, -0.15) is 52.7 Å². The van der Waals surface area contributed by atoms with E-state index in [1.165, 1.54) is 18.2 Å². The van der Waals surface area contributed by atoms with Crippen LogP contribution in [0.4, 0.5) is 52.7 Å². The van der Waals surface area contributed by atoms with E-state index in [9.17, 15) is 31.4 Å². The van der Waals surface area contributed by atoms with Gasteiger partial charge in [-0.05, 0) is 139 Å². The van der Waals surface area contributed by atoms with Gasteiger partial charge in [0.2, 0.25) is 0 Å². The molecular weight excluding hydrogens is 731 g/mol. The van der Waals surface area contributed by atoms with Gasteiger partial charge in [-0.15, -0.1) is 0 Å². The van der Waals surface area contributed by atoms with Gasteiger partial charge in [-0.1, -0.05) is 6.07 Å². The Balaban J connectivity index is 1.51.